The summed E-state index contributed by atoms with van der Waals surface area (Å²) in [6.07, 6.45) is 7.43. The van der Waals surface area contributed by atoms with Gasteiger partial charge in [0.15, 0.2) is 21.3 Å². The fraction of sp³-hybridized carbons (Fsp3) is 0. The van der Waals surface area contributed by atoms with E-state index in [4.69, 9.17) is 0 Å². The van der Waals surface area contributed by atoms with Gasteiger partial charge in [-0.1, -0.05) is 0 Å². The molecule has 0 saturated heterocycles. The number of aromatic nitrogens is 2. The third-order valence-corrected chi connectivity index (χ3v) is 3.11. The second-order valence-corrected chi connectivity index (χ2v) is 4.21. The molecule has 0 spiro atoms. The van der Waals surface area contributed by atoms with Gasteiger partial charge in [0.05, 0.1) is 5.69 Å². The van der Waals surface area contributed by atoms with Crippen LogP contribution in [-0.4, -0.2) is 15.7 Å². The van der Waals surface area contributed by atoms with Crippen LogP contribution in [0.15, 0.2) is 37.2 Å². The van der Waals surface area contributed by atoms with Crippen molar-refractivity contribution >= 4 is 39.0 Å². The molecule has 0 aromatic carbocycles. The average Bonchev–Trinajstić information content (AvgIpc) is 2.88. The predicted octanol–water partition coefficient (Wildman–Crippen LogP) is 2.17. The highest BCUT2D eigenvalue weighted by atomic mass is 127. The lowest BCUT2D eigenvalue weighted by atomic mass is 10.4. The molecule has 1 aliphatic heterocycles. The van der Waals surface area contributed by atoms with Gasteiger partial charge in [-0.15, -0.1) is 3.25 Å². The first-order valence-electron chi connectivity index (χ1n) is 4.03. The van der Waals surface area contributed by atoms with E-state index in [0.29, 0.717) is 0 Å². The lowest BCUT2D eigenvalue weighted by Crippen LogP contribution is -2.09. The van der Waals surface area contributed by atoms with Gasteiger partial charge in [-0.05, 0) is 6.07 Å². The number of fused-ring (bicyclic) bond motifs is 1. The molecule has 0 fully saturated rings. The molecule has 2 aromatic heterocycles. The van der Waals surface area contributed by atoms with Crippen LogP contribution < -0.4 is 5.01 Å². The summed E-state index contributed by atoms with van der Waals surface area (Å²) >= 11 is -0.363. The summed E-state index contributed by atoms with van der Waals surface area (Å²) < 4.78 is 10.4. The van der Waals surface area contributed by atoms with Crippen molar-refractivity contribution < 1.29 is 0 Å². The van der Waals surface area contributed by atoms with E-state index in [1.165, 1.54) is 0 Å². The van der Waals surface area contributed by atoms with Crippen LogP contribution in [0.1, 0.15) is 0 Å². The standard InChI is InChI=1S/C8H6IN5/c1-3-13-4-2-10-8(13)5-7(1)14-6-11-9-12-14/h1-6H. The van der Waals surface area contributed by atoms with Crippen molar-refractivity contribution in [3.8, 4) is 0 Å². The molecule has 0 atom stereocenters. The molecule has 0 amide bonds. The lowest BCUT2D eigenvalue weighted by Gasteiger charge is -2.08. The number of pyridine rings is 1. The van der Waals surface area contributed by atoms with Crippen molar-refractivity contribution in [2.24, 2.45) is 6.46 Å². The van der Waals surface area contributed by atoms with E-state index >= 15 is 0 Å². The molecule has 0 N–H and O–H groups in total. The molecule has 3 rings (SSSR count). The van der Waals surface area contributed by atoms with Gasteiger partial charge in [0.2, 0.25) is 0 Å². The van der Waals surface area contributed by atoms with Crippen LogP contribution in [-0.2, 0) is 0 Å². The van der Waals surface area contributed by atoms with E-state index in [1.807, 2.05) is 33.9 Å². The normalized spacial score (nSPS) is 15.0. The molecule has 5 nitrogen and oxygen atoms in total. The smallest absolute Gasteiger partial charge is 0.166 e. The van der Waals surface area contributed by atoms with E-state index in [0.717, 1.165) is 11.3 Å². The summed E-state index contributed by atoms with van der Waals surface area (Å²) in [5.74, 6) is 0. The van der Waals surface area contributed by atoms with Crippen molar-refractivity contribution in [1.82, 2.24) is 9.38 Å². The molecule has 6 heteroatoms. The van der Waals surface area contributed by atoms with Crippen molar-refractivity contribution in [2.45, 2.75) is 0 Å². The molecule has 0 bridgehead atoms. The van der Waals surface area contributed by atoms with E-state index in [9.17, 15) is 0 Å². The van der Waals surface area contributed by atoms with Crippen molar-refractivity contribution in [1.29, 1.82) is 0 Å². The van der Waals surface area contributed by atoms with Gasteiger partial charge >= 0.3 is 0 Å². The van der Waals surface area contributed by atoms with Gasteiger partial charge in [-0.3, -0.25) is 0 Å². The van der Waals surface area contributed by atoms with Gasteiger partial charge in [-0.25, -0.2) is 9.99 Å². The highest BCUT2D eigenvalue weighted by Gasteiger charge is 2.06. The van der Waals surface area contributed by atoms with Crippen LogP contribution in [0.2, 0.25) is 0 Å². The van der Waals surface area contributed by atoms with Crippen LogP contribution in [0.3, 0.4) is 0 Å². The van der Waals surface area contributed by atoms with Crippen LogP contribution >= 0.6 is 21.3 Å². The second kappa shape index (κ2) is 3.12. The highest BCUT2D eigenvalue weighted by Crippen LogP contribution is 2.21. The molecule has 0 saturated carbocycles. The van der Waals surface area contributed by atoms with Gasteiger partial charge in [-0.2, -0.15) is 3.21 Å². The average molecular weight is 299 g/mol. The molecule has 0 aliphatic carbocycles. The van der Waals surface area contributed by atoms with Crippen LogP contribution in [0.25, 0.3) is 5.65 Å². The minimum Gasteiger partial charge on any atom is -0.307 e. The molecular weight excluding hydrogens is 293 g/mol. The molecule has 1 aliphatic rings. The highest BCUT2D eigenvalue weighted by molar-refractivity contribution is 14.1. The molecule has 0 radical (unpaired) electrons. The molecule has 70 valence electrons. The Balaban J connectivity index is 2.13. The van der Waals surface area contributed by atoms with Gasteiger partial charge < -0.3 is 4.40 Å². The number of halogens is 1. The van der Waals surface area contributed by atoms with Gasteiger partial charge in [0.25, 0.3) is 0 Å². The van der Waals surface area contributed by atoms with Crippen LogP contribution in [0.5, 0.6) is 0 Å². The second-order valence-electron chi connectivity index (χ2n) is 2.79. The first kappa shape index (κ1) is 8.04. The summed E-state index contributed by atoms with van der Waals surface area (Å²) in [5.41, 5.74) is 1.95. The molecular formula is C8H6IN5. The van der Waals surface area contributed by atoms with Gasteiger partial charge in [0, 0.05) is 24.7 Å². The van der Waals surface area contributed by atoms with E-state index < -0.39 is 0 Å². The maximum atomic E-state index is 4.28. The third-order valence-electron chi connectivity index (χ3n) is 1.96. The summed E-state index contributed by atoms with van der Waals surface area (Å²) in [4.78, 5) is 4.21. The molecule has 2 aromatic rings. The van der Waals surface area contributed by atoms with E-state index in [2.05, 4.69) is 11.4 Å². The number of nitrogens with zero attached hydrogens (tertiary/aromatic N) is 5. The molecule has 14 heavy (non-hydrogen) atoms. The maximum absolute atomic E-state index is 4.28. The predicted molar refractivity (Wildman–Crippen MR) is 62.6 cm³/mol. The van der Waals surface area contributed by atoms with E-state index in [-0.39, 0.29) is 21.3 Å². The van der Waals surface area contributed by atoms with Gasteiger partial charge in [0.1, 0.15) is 12.0 Å². The Hall–Kier alpha value is -1.31. The quantitative estimate of drug-likeness (QED) is 0.758. The topological polar surface area (TPSA) is 45.3 Å². The number of anilines is 1. The molecule has 0 unspecified atom stereocenters. The number of hydrogen-bond acceptors (Lipinski definition) is 4. The minimum absolute atomic E-state index is 0.363. The summed E-state index contributed by atoms with van der Waals surface area (Å²) in [6, 6.07) is 3.99. The Kier molecular flexibility index (Phi) is 1.79. The summed E-state index contributed by atoms with van der Waals surface area (Å²) in [6.45, 7) is 0. The Bertz CT molecular complexity index is 517. The zero-order chi connectivity index (χ0) is 9.38. The summed E-state index contributed by atoms with van der Waals surface area (Å²) in [5, 5.41) is 1.81. The fourth-order valence-electron chi connectivity index (χ4n) is 1.29. The zero-order valence-electron chi connectivity index (χ0n) is 7.08. The Morgan fingerprint density at radius 1 is 1.29 bits per heavy atom. The van der Waals surface area contributed by atoms with Crippen molar-refractivity contribution in [3.63, 3.8) is 0 Å². The zero-order valence-corrected chi connectivity index (χ0v) is 9.24. The van der Waals surface area contributed by atoms with Crippen molar-refractivity contribution in [2.75, 3.05) is 5.01 Å². The fourth-order valence-corrected chi connectivity index (χ4v) is 2.32. The van der Waals surface area contributed by atoms with Crippen LogP contribution in [0.4, 0.5) is 5.69 Å². The number of imidazole rings is 1. The summed E-state index contributed by atoms with van der Waals surface area (Å²) in [7, 11) is 0. The Morgan fingerprint density at radius 3 is 3.14 bits per heavy atom. The first-order valence-corrected chi connectivity index (χ1v) is 5.96. The largest absolute Gasteiger partial charge is 0.307 e. The number of rotatable bonds is 1. The lowest BCUT2D eigenvalue weighted by molar-refractivity contribution is 1.15. The SMILES string of the molecule is C1=NI=NN1c1ccn2ccnc2c1. The van der Waals surface area contributed by atoms with Crippen molar-refractivity contribution in [3.05, 3.63) is 30.7 Å². The Labute approximate surface area is 90.6 Å². The first-order chi connectivity index (χ1) is 6.93. The third kappa shape index (κ3) is 1.22. The maximum Gasteiger partial charge on any atom is 0.166 e. The minimum atomic E-state index is -0.363. The molecule has 3 heterocycles. The number of hydrogen-bond donors (Lipinski definition) is 0. The monoisotopic (exact) mass is 299 g/mol. The van der Waals surface area contributed by atoms with E-state index in [1.54, 1.807) is 12.5 Å². The van der Waals surface area contributed by atoms with Crippen LogP contribution in [0, 0.1) is 0 Å². The Morgan fingerprint density at radius 2 is 2.29 bits per heavy atom.